The molecule has 0 bridgehead atoms. The predicted molar refractivity (Wildman–Crippen MR) is 100 cm³/mol. The summed E-state index contributed by atoms with van der Waals surface area (Å²) in [6.07, 6.45) is 0.771. The SMILES string of the molecule is COCCCNC(=O)C1CN(C(=O)C(C)C)CC1c1cccc(OC)c1. The van der Waals surface area contributed by atoms with Crippen LogP contribution in [0.25, 0.3) is 0 Å². The molecule has 1 aromatic rings. The Balaban J connectivity index is 2.16. The quantitative estimate of drug-likeness (QED) is 0.719. The summed E-state index contributed by atoms with van der Waals surface area (Å²) < 4.78 is 10.3. The average Bonchev–Trinajstić information content (AvgIpc) is 3.09. The molecule has 1 heterocycles. The van der Waals surface area contributed by atoms with Crippen molar-refractivity contribution in [1.82, 2.24) is 10.2 Å². The van der Waals surface area contributed by atoms with E-state index in [1.807, 2.05) is 43.0 Å². The van der Waals surface area contributed by atoms with E-state index in [0.717, 1.165) is 17.7 Å². The van der Waals surface area contributed by atoms with E-state index in [1.165, 1.54) is 0 Å². The molecule has 1 saturated heterocycles. The Labute approximate surface area is 155 Å². The van der Waals surface area contributed by atoms with Gasteiger partial charge in [-0.25, -0.2) is 0 Å². The van der Waals surface area contributed by atoms with Gasteiger partial charge in [-0.05, 0) is 24.1 Å². The monoisotopic (exact) mass is 362 g/mol. The van der Waals surface area contributed by atoms with Gasteiger partial charge in [0.25, 0.3) is 0 Å². The summed E-state index contributed by atoms with van der Waals surface area (Å²) in [7, 11) is 3.27. The molecule has 144 valence electrons. The van der Waals surface area contributed by atoms with Gasteiger partial charge in [0.1, 0.15) is 5.75 Å². The van der Waals surface area contributed by atoms with Gasteiger partial charge in [-0.15, -0.1) is 0 Å². The molecular formula is C20H30N2O4. The van der Waals surface area contributed by atoms with Crippen molar-refractivity contribution in [3.05, 3.63) is 29.8 Å². The van der Waals surface area contributed by atoms with E-state index in [4.69, 9.17) is 9.47 Å². The Morgan fingerprint density at radius 3 is 2.69 bits per heavy atom. The van der Waals surface area contributed by atoms with Crippen LogP contribution in [0.2, 0.25) is 0 Å². The number of hydrogen-bond donors (Lipinski definition) is 1. The molecule has 1 aromatic carbocycles. The van der Waals surface area contributed by atoms with Gasteiger partial charge in [0.2, 0.25) is 11.8 Å². The minimum atomic E-state index is -0.257. The molecule has 0 radical (unpaired) electrons. The van der Waals surface area contributed by atoms with Gasteiger partial charge in [0, 0.05) is 45.2 Å². The van der Waals surface area contributed by atoms with Gasteiger partial charge in [-0.2, -0.15) is 0 Å². The van der Waals surface area contributed by atoms with Gasteiger partial charge in [-0.3, -0.25) is 9.59 Å². The standard InChI is InChI=1S/C20H30N2O4/c1-14(2)20(24)22-12-17(15-7-5-8-16(11-15)26-4)18(13-22)19(23)21-9-6-10-25-3/h5,7-8,11,14,17-18H,6,9-10,12-13H2,1-4H3,(H,21,23). The number of likely N-dealkylation sites (tertiary alicyclic amines) is 1. The van der Waals surface area contributed by atoms with E-state index in [-0.39, 0.29) is 29.6 Å². The van der Waals surface area contributed by atoms with E-state index >= 15 is 0 Å². The molecule has 6 heteroatoms. The zero-order valence-corrected chi connectivity index (χ0v) is 16.2. The molecule has 2 amide bonds. The molecule has 2 atom stereocenters. The molecule has 6 nitrogen and oxygen atoms in total. The van der Waals surface area contributed by atoms with Gasteiger partial charge < -0.3 is 19.7 Å². The van der Waals surface area contributed by atoms with Crippen molar-refractivity contribution in [3.8, 4) is 5.75 Å². The fraction of sp³-hybridized carbons (Fsp3) is 0.600. The number of nitrogens with one attached hydrogen (secondary N) is 1. The van der Waals surface area contributed by atoms with Crippen LogP contribution in [0.1, 0.15) is 31.7 Å². The lowest BCUT2D eigenvalue weighted by Crippen LogP contribution is -2.37. The first kappa shape index (κ1) is 20.2. The van der Waals surface area contributed by atoms with Crippen LogP contribution < -0.4 is 10.1 Å². The molecule has 26 heavy (non-hydrogen) atoms. The summed E-state index contributed by atoms with van der Waals surface area (Å²) in [5, 5.41) is 2.99. The number of rotatable bonds is 8. The molecule has 2 unspecified atom stereocenters. The topological polar surface area (TPSA) is 67.9 Å². The predicted octanol–water partition coefficient (Wildman–Crippen LogP) is 2.05. The highest BCUT2D eigenvalue weighted by atomic mass is 16.5. The van der Waals surface area contributed by atoms with E-state index in [9.17, 15) is 9.59 Å². The van der Waals surface area contributed by atoms with Crippen LogP contribution in [0.15, 0.2) is 24.3 Å². The maximum atomic E-state index is 12.8. The Morgan fingerprint density at radius 1 is 1.27 bits per heavy atom. The summed E-state index contributed by atoms with van der Waals surface area (Å²) in [5.41, 5.74) is 1.03. The number of amides is 2. The lowest BCUT2D eigenvalue weighted by Gasteiger charge is -2.19. The second-order valence-electron chi connectivity index (χ2n) is 7.02. The second kappa shape index (κ2) is 9.57. The van der Waals surface area contributed by atoms with Crippen LogP contribution in [0.4, 0.5) is 0 Å². The van der Waals surface area contributed by atoms with Crippen LogP contribution >= 0.6 is 0 Å². The van der Waals surface area contributed by atoms with Crippen molar-refractivity contribution in [3.63, 3.8) is 0 Å². The molecular weight excluding hydrogens is 332 g/mol. The van der Waals surface area contributed by atoms with Crippen LogP contribution in [-0.4, -0.2) is 57.2 Å². The van der Waals surface area contributed by atoms with E-state index < -0.39 is 0 Å². The second-order valence-corrected chi connectivity index (χ2v) is 7.02. The number of nitrogens with zero attached hydrogens (tertiary/aromatic N) is 1. The first-order chi connectivity index (χ1) is 12.5. The van der Waals surface area contributed by atoms with Crippen LogP contribution in [-0.2, 0) is 14.3 Å². The molecule has 1 aliphatic heterocycles. The van der Waals surface area contributed by atoms with Gasteiger partial charge >= 0.3 is 0 Å². The number of methoxy groups -OCH3 is 2. The summed E-state index contributed by atoms with van der Waals surface area (Å²) in [4.78, 5) is 27.0. The van der Waals surface area contributed by atoms with Gasteiger partial charge in [-0.1, -0.05) is 26.0 Å². The number of carbonyl (C=O) groups excluding carboxylic acids is 2. The molecule has 0 aliphatic carbocycles. The summed E-state index contributed by atoms with van der Waals surface area (Å²) >= 11 is 0. The Morgan fingerprint density at radius 2 is 2.04 bits per heavy atom. The van der Waals surface area contributed by atoms with E-state index in [0.29, 0.717) is 26.2 Å². The Hall–Kier alpha value is -2.08. The highest BCUT2D eigenvalue weighted by Gasteiger charge is 2.40. The maximum absolute atomic E-state index is 12.8. The lowest BCUT2D eigenvalue weighted by molar-refractivity contribution is -0.133. The third-order valence-corrected chi connectivity index (χ3v) is 4.81. The molecule has 0 aromatic heterocycles. The fourth-order valence-corrected chi connectivity index (χ4v) is 3.38. The minimum Gasteiger partial charge on any atom is -0.497 e. The smallest absolute Gasteiger partial charge is 0.225 e. The Bertz CT molecular complexity index is 618. The highest BCUT2D eigenvalue weighted by Crippen LogP contribution is 2.35. The van der Waals surface area contributed by atoms with Crippen LogP contribution in [0.3, 0.4) is 0 Å². The average molecular weight is 362 g/mol. The third-order valence-electron chi connectivity index (χ3n) is 4.81. The fourth-order valence-electron chi connectivity index (χ4n) is 3.38. The molecule has 2 rings (SSSR count). The molecule has 1 fully saturated rings. The zero-order valence-electron chi connectivity index (χ0n) is 16.2. The largest absolute Gasteiger partial charge is 0.497 e. The Kier molecular flexibility index (Phi) is 7.45. The molecule has 0 spiro atoms. The number of carbonyl (C=O) groups is 2. The first-order valence-electron chi connectivity index (χ1n) is 9.17. The maximum Gasteiger partial charge on any atom is 0.225 e. The lowest BCUT2D eigenvalue weighted by atomic mass is 9.88. The number of ether oxygens (including phenoxy) is 2. The van der Waals surface area contributed by atoms with Crippen molar-refractivity contribution in [2.24, 2.45) is 11.8 Å². The van der Waals surface area contributed by atoms with Crippen molar-refractivity contribution in [2.45, 2.75) is 26.2 Å². The van der Waals surface area contributed by atoms with Crippen LogP contribution in [0.5, 0.6) is 5.75 Å². The summed E-state index contributed by atoms with van der Waals surface area (Å²) in [5.74, 6) is 0.475. The number of hydrogen-bond acceptors (Lipinski definition) is 4. The number of benzene rings is 1. The first-order valence-corrected chi connectivity index (χ1v) is 9.17. The van der Waals surface area contributed by atoms with Crippen molar-refractivity contribution in [2.75, 3.05) is 40.5 Å². The third kappa shape index (κ3) is 4.97. The molecule has 1 N–H and O–H groups in total. The van der Waals surface area contributed by atoms with Crippen molar-refractivity contribution in [1.29, 1.82) is 0 Å². The zero-order chi connectivity index (χ0) is 19.1. The summed E-state index contributed by atoms with van der Waals surface area (Å²) in [6.45, 7) is 5.98. The van der Waals surface area contributed by atoms with Crippen molar-refractivity contribution < 1.29 is 19.1 Å². The molecule has 0 saturated carbocycles. The normalized spacial score (nSPS) is 19.7. The van der Waals surface area contributed by atoms with E-state index in [2.05, 4.69) is 5.32 Å². The van der Waals surface area contributed by atoms with E-state index in [1.54, 1.807) is 14.2 Å². The van der Waals surface area contributed by atoms with Crippen LogP contribution in [0, 0.1) is 11.8 Å². The summed E-state index contributed by atoms with van der Waals surface area (Å²) in [6, 6.07) is 7.77. The minimum absolute atomic E-state index is 0.00650. The van der Waals surface area contributed by atoms with Crippen molar-refractivity contribution >= 4 is 11.8 Å². The van der Waals surface area contributed by atoms with Gasteiger partial charge in [0.15, 0.2) is 0 Å². The molecule has 1 aliphatic rings. The van der Waals surface area contributed by atoms with Gasteiger partial charge in [0.05, 0.1) is 13.0 Å². The highest BCUT2D eigenvalue weighted by molar-refractivity contribution is 5.84.